The van der Waals surface area contributed by atoms with Crippen LogP contribution in [0.25, 0.3) is 11.2 Å². The zero-order valence-corrected chi connectivity index (χ0v) is 18.8. The summed E-state index contributed by atoms with van der Waals surface area (Å²) in [6, 6.07) is 11.7. The fraction of sp³-hybridized carbons (Fsp3) is 0.480. The molecule has 1 amide bonds. The number of nitrogens with zero attached hydrogens (tertiary/aromatic N) is 4. The van der Waals surface area contributed by atoms with Gasteiger partial charge in [-0.15, -0.1) is 0 Å². The van der Waals surface area contributed by atoms with Crippen molar-refractivity contribution in [3.8, 4) is 5.75 Å². The van der Waals surface area contributed by atoms with E-state index in [1.54, 1.807) is 7.11 Å². The number of aromatic nitrogens is 3. The number of hydrogen-bond donors (Lipinski definition) is 0. The van der Waals surface area contributed by atoms with Crippen LogP contribution in [0, 0.1) is 11.8 Å². The van der Waals surface area contributed by atoms with Gasteiger partial charge in [0.1, 0.15) is 17.1 Å². The number of ether oxygens (including phenoxy) is 1. The van der Waals surface area contributed by atoms with Crippen molar-refractivity contribution in [1.82, 2.24) is 19.4 Å². The first-order chi connectivity index (χ1) is 15.0. The Morgan fingerprint density at radius 1 is 1.26 bits per heavy atom. The van der Waals surface area contributed by atoms with Gasteiger partial charge in [0.25, 0.3) is 0 Å². The van der Waals surface area contributed by atoms with Crippen LogP contribution in [-0.4, -0.2) is 39.0 Å². The number of benzene rings is 1. The molecule has 1 saturated carbocycles. The number of amides is 1. The lowest BCUT2D eigenvalue weighted by Crippen LogP contribution is -2.34. The van der Waals surface area contributed by atoms with Crippen molar-refractivity contribution >= 4 is 17.1 Å². The molecule has 1 fully saturated rings. The van der Waals surface area contributed by atoms with Crippen LogP contribution in [-0.2, 0) is 24.3 Å². The highest BCUT2D eigenvalue weighted by atomic mass is 16.5. The van der Waals surface area contributed by atoms with Gasteiger partial charge in [0.15, 0.2) is 5.65 Å². The average molecular weight is 421 g/mol. The molecule has 4 rings (SSSR count). The predicted octanol–water partition coefficient (Wildman–Crippen LogP) is 4.47. The molecule has 1 aliphatic rings. The second-order valence-electron chi connectivity index (χ2n) is 8.95. The molecule has 0 unspecified atom stereocenters. The summed E-state index contributed by atoms with van der Waals surface area (Å²) >= 11 is 0. The highest BCUT2D eigenvalue weighted by molar-refractivity contribution is 5.79. The molecule has 164 valence electrons. The lowest BCUT2D eigenvalue weighted by Gasteiger charge is -2.24. The van der Waals surface area contributed by atoms with Crippen molar-refractivity contribution in [3.05, 3.63) is 54.0 Å². The molecule has 3 aromatic rings. The third-order valence-electron chi connectivity index (χ3n) is 5.87. The van der Waals surface area contributed by atoms with Crippen LogP contribution in [0.1, 0.15) is 44.5 Å². The standard InChI is InChI=1S/C25H32N4O2/c1-18(2)11-13-28(24(30)15-20-6-4-7-21(14-20)31-3)17-23-27-22-8-5-12-26-25(22)29(23)16-19-9-10-19/h4-8,12,14,18-19H,9-11,13,15-17H2,1-3H3. The van der Waals surface area contributed by atoms with Gasteiger partial charge in [-0.3, -0.25) is 4.79 Å². The summed E-state index contributed by atoms with van der Waals surface area (Å²) in [6.07, 6.45) is 5.67. The van der Waals surface area contributed by atoms with Gasteiger partial charge in [0.05, 0.1) is 20.1 Å². The third kappa shape index (κ3) is 5.43. The lowest BCUT2D eigenvalue weighted by atomic mass is 10.1. The molecule has 6 heteroatoms. The maximum atomic E-state index is 13.3. The van der Waals surface area contributed by atoms with Crippen LogP contribution in [0.4, 0.5) is 0 Å². The molecular formula is C25H32N4O2. The number of fused-ring (bicyclic) bond motifs is 1. The first-order valence-corrected chi connectivity index (χ1v) is 11.2. The van der Waals surface area contributed by atoms with Crippen LogP contribution in [0.3, 0.4) is 0 Å². The van der Waals surface area contributed by atoms with Crippen molar-refractivity contribution in [2.45, 2.75) is 52.6 Å². The van der Waals surface area contributed by atoms with Crippen LogP contribution in [0.2, 0.25) is 0 Å². The minimum absolute atomic E-state index is 0.117. The number of carbonyl (C=O) groups is 1. The Bertz CT molecular complexity index is 1040. The van der Waals surface area contributed by atoms with Gasteiger partial charge in [0.2, 0.25) is 5.91 Å². The molecule has 0 saturated heterocycles. The summed E-state index contributed by atoms with van der Waals surface area (Å²) in [5.74, 6) is 3.06. The third-order valence-corrected chi connectivity index (χ3v) is 5.87. The van der Waals surface area contributed by atoms with E-state index < -0.39 is 0 Å². The van der Waals surface area contributed by atoms with Crippen molar-refractivity contribution in [3.63, 3.8) is 0 Å². The molecule has 0 aliphatic heterocycles. The first-order valence-electron chi connectivity index (χ1n) is 11.2. The molecule has 0 bridgehead atoms. The fourth-order valence-corrected chi connectivity index (χ4v) is 3.82. The smallest absolute Gasteiger partial charge is 0.227 e. The quantitative estimate of drug-likeness (QED) is 0.486. The Hall–Kier alpha value is -2.89. The van der Waals surface area contributed by atoms with Gasteiger partial charge in [-0.25, -0.2) is 9.97 Å². The van der Waals surface area contributed by atoms with E-state index in [-0.39, 0.29) is 5.91 Å². The van der Waals surface area contributed by atoms with E-state index in [0.717, 1.165) is 47.8 Å². The van der Waals surface area contributed by atoms with Crippen molar-refractivity contribution in [2.24, 2.45) is 11.8 Å². The number of rotatable bonds is 10. The Balaban J connectivity index is 1.58. The molecule has 1 aliphatic carbocycles. The van der Waals surface area contributed by atoms with E-state index in [2.05, 4.69) is 23.4 Å². The van der Waals surface area contributed by atoms with Gasteiger partial charge in [-0.2, -0.15) is 0 Å². The summed E-state index contributed by atoms with van der Waals surface area (Å²) in [5, 5.41) is 0. The maximum Gasteiger partial charge on any atom is 0.227 e. The first kappa shape index (κ1) is 21.3. The molecule has 2 aromatic heterocycles. The molecule has 6 nitrogen and oxygen atoms in total. The summed E-state index contributed by atoms with van der Waals surface area (Å²) in [5.41, 5.74) is 2.79. The van der Waals surface area contributed by atoms with Crippen molar-refractivity contribution < 1.29 is 9.53 Å². The minimum Gasteiger partial charge on any atom is -0.497 e. The molecule has 0 spiro atoms. The van der Waals surface area contributed by atoms with E-state index in [1.807, 2.05) is 47.5 Å². The van der Waals surface area contributed by atoms with Gasteiger partial charge in [-0.1, -0.05) is 26.0 Å². The zero-order valence-electron chi connectivity index (χ0n) is 18.8. The SMILES string of the molecule is COc1cccc(CC(=O)N(CCC(C)C)Cc2nc3cccnc3n2CC2CC2)c1. The topological polar surface area (TPSA) is 60.2 Å². The van der Waals surface area contributed by atoms with Crippen LogP contribution < -0.4 is 4.74 Å². The van der Waals surface area contributed by atoms with Crippen molar-refractivity contribution in [1.29, 1.82) is 0 Å². The zero-order chi connectivity index (χ0) is 21.8. The Kier molecular flexibility index (Phi) is 6.54. The summed E-state index contributed by atoms with van der Waals surface area (Å²) in [7, 11) is 1.65. The number of pyridine rings is 1. The monoisotopic (exact) mass is 420 g/mol. The van der Waals surface area contributed by atoms with E-state index in [4.69, 9.17) is 9.72 Å². The molecule has 0 radical (unpaired) electrons. The fourth-order valence-electron chi connectivity index (χ4n) is 3.82. The Labute approximate surface area is 184 Å². The lowest BCUT2D eigenvalue weighted by molar-refractivity contribution is -0.131. The number of carbonyl (C=O) groups excluding carboxylic acids is 1. The van der Waals surface area contributed by atoms with Crippen molar-refractivity contribution in [2.75, 3.05) is 13.7 Å². The van der Waals surface area contributed by atoms with E-state index >= 15 is 0 Å². The second kappa shape index (κ2) is 9.50. The number of imidazole rings is 1. The van der Waals surface area contributed by atoms with E-state index in [9.17, 15) is 4.79 Å². The highest BCUT2D eigenvalue weighted by Crippen LogP contribution is 2.32. The van der Waals surface area contributed by atoms with Crippen LogP contribution in [0.5, 0.6) is 5.75 Å². The predicted molar refractivity (Wildman–Crippen MR) is 122 cm³/mol. The normalized spacial score (nSPS) is 13.7. The summed E-state index contributed by atoms with van der Waals surface area (Å²) in [6.45, 7) is 6.55. The molecule has 2 heterocycles. The maximum absolute atomic E-state index is 13.3. The molecule has 0 atom stereocenters. The van der Waals surface area contributed by atoms with Gasteiger partial charge in [0, 0.05) is 19.3 Å². The summed E-state index contributed by atoms with van der Waals surface area (Å²) in [4.78, 5) is 24.7. The van der Waals surface area contributed by atoms with Gasteiger partial charge in [-0.05, 0) is 60.9 Å². The Morgan fingerprint density at radius 3 is 2.84 bits per heavy atom. The minimum atomic E-state index is 0.117. The second-order valence-corrected chi connectivity index (χ2v) is 8.95. The molecular weight excluding hydrogens is 388 g/mol. The molecule has 31 heavy (non-hydrogen) atoms. The largest absolute Gasteiger partial charge is 0.497 e. The highest BCUT2D eigenvalue weighted by Gasteiger charge is 2.26. The van der Waals surface area contributed by atoms with E-state index in [0.29, 0.717) is 24.8 Å². The van der Waals surface area contributed by atoms with E-state index in [1.165, 1.54) is 12.8 Å². The number of methoxy groups -OCH3 is 1. The van der Waals surface area contributed by atoms with Crippen LogP contribution >= 0.6 is 0 Å². The van der Waals surface area contributed by atoms with Crippen LogP contribution in [0.15, 0.2) is 42.6 Å². The van der Waals surface area contributed by atoms with Gasteiger partial charge >= 0.3 is 0 Å². The van der Waals surface area contributed by atoms with Gasteiger partial charge < -0.3 is 14.2 Å². The molecule has 0 N–H and O–H groups in total. The number of hydrogen-bond acceptors (Lipinski definition) is 4. The average Bonchev–Trinajstić information content (AvgIpc) is 3.52. The Morgan fingerprint density at radius 2 is 2.10 bits per heavy atom. The summed E-state index contributed by atoms with van der Waals surface area (Å²) < 4.78 is 7.55. The molecule has 1 aromatic carbocycles.